The number of phenolic OH excluding ortho intramolecular Hbond substituents is 1. The van der Waals surface area contributed by atoms with Crippen LogP contribution >= 0.6 is 0 Å². The van der Waals surface area contributed by atoms with E-state index >= 15 is 0 Å². The van der Waals surface area contributed by atoms with E-state index in [-0.39, 0.29) is 22.2 Å². The largest absolute Gasteiger partial charge is 0.506 e. The molecule has 0 aliphatic carbocycles. The summed E-state index contributed by atoms with van der Waals surface area (Å²) in [5.41, 5.74) is 2.55. The van der Waals surface area contributed by atoms with Crippen molar-refractivity contribution in [1.82, 2.24) is 0 Å². The van der Waals surface area contributed by atoms with Crippen LogP contribution in [-0.4, -0.2) is 19.4 Å². The third-order valence-corrected chi connectivity index (χ3v) is 5.42. The molecule has 28 heavy (non-hydrogen) atoms. The van der Waals surface area contributed by atoms with Gasteiger partial charge in [-0.3, -0.25) is 9.52 Å². The van der Waals surface area contributed by atoms with E-state index in [0.717, 1.165) is 11.1 Å². The molecular formula is C21H20N2O4S. The third kappa shape index (κ3) is 4.89. The first-order valence-electron chi connectivity index (χ1n) is 8.60. The quantitative estimate of drug-likeness (QED) is 0.553. The van der Waals surface area contributed by atoms with Crippen LogP contribution in [0.3, 0.4) is 0 Å². The van der Waals surface area contributed by atoms with Gasteiger partial charge in [-0.25, -0.2) is 8.42 Å². The summed E-state index contributed by atoms with van der Waals surface area (Å²) in [6.07, 6.45) is 0.612. The van der Waals surface area contributed by atoms with E-state index in [2.05, 4.69) is 10.0 Å². The average molecular weight is 396 g/mol. The zero-order chi connectivity index (χ0) is 20.1. The number of carbonyl (C=O) groups excluding carboxylic acids is 1. The van der Waals surface area contributed by atoms with Crippen molar-refractivity contribution >= 4 is 27.3 Å². The van der Waals surface area contributed by atoms with Crippen molar-refractivity contribution in [3.63, 3.8) is 0 Å². The number of carbonyl (C=O) groups is 1. The number of sulfonamides is 1. The summed E-state index contributed by atoms with van der Waals surface area (Å²) in [5, 5.41) is 12.7. The second kappa shape index (κ2) is 8.14. The second-order valence-corrected chi connectivity index (χ2v) is 8.01. The Kier molecular flexibility index (Phi) is 5.65. The number of hydrogen-bond acceptors (Lipinski definition) is 4. The van der Waals surface area contributed by atoms with Crippen molar-refractivity contribution in [1.29, 1.82) is 0 Å². The minimum Gasteiger partial charge on any atom is -0.506 e. The molecule has 0 heterocycles. The lowest BCUT2D eigenvalue weighted by Crippen LogP contribution is -2.13. The van der Waals surface area contributed by atoms with Gasteiger partial charge in [0, 0.05) is 12.6 Å². The highest BCUT2D eigenvalue weighted by Gasteiger charge is 2.16. The molecule has 0 atom stereocenters. The van der Waals surface area contributed by atoms with Gasteiger partial charge in [-0.1, -0.05) is 36.4 Å². The number of anilines is 2. The molecule has 7 heteroatoms. The van der Waals surface area contributed by atoms with Crippen LogP contribution in [0, 0.1) is 0 Å². The highest BCUT2D eigenvalue weighted by molar-refractivity contribution is 7.92. The summed E-state index contributed by atoms with van der Waals surface area (Å²) in [5.74, 6) is -0.399. The van der Waals surface area contributed by atoms with E-state index in [9.17, 15) is 18.3 Å². The summed E-state index contributed by atoms with van der Waals surface area (Å²) in [6.45, 7) is 1.37. The number of phenols is 1. The lowest BCUT2D eigenvalue weighted by atomic mass is 10.0. The molecule has 0 bridgehead atoms. The fraction of sp³-hybridized carbons (Fsp3) is 0.0952. The first-order valence-corrected chi connectivity index (χ1v) is 10.1. The molecule has 3 rings (SSSR count). The normalized spacial score (nSPS) is 11.0. The van der Waals surface area contributed by atoms with Crippen molar-refractivity contribution in [2.24, 2.45) is 0 Å². The van der Waals surface area contributed by atoms with E-state index in [4.69, 9.17) is 0 Å². The van der Waals surface area contributed by atoms with Crippen molar-refractivity contribution in [3.05, 3.63) is 83.9 Å². The molecule has 0 aliphatic rings. The number of amides is 1. The van der Waals surface area contributed by atoms with Crippen molar-refractivity contribution in [3.8, 4) is 5.75 Å². The monoisotopic (exact) mass is 396 g/mol. The zero-order valence-electron chi connectivity index (χ0n) is 15.2. The fourth-order valence-electron chi connectivity index (χ4n) is 2.73. The summed E-state index contributed by atoms with van der Waals surface area (Å²) in [7, 11) is -3.89. The maximum absolute atomic E-state index is 12.6. The Hall–Kier alpha value is -3.32. The predicted octanol–water partition coefficient (Wildman–Crippen LogP) is 3.74. The maximum atomic E-state index is 12.6. The molecule has 3 aromatic rings. The summed E-state index contributed by atoms with van der Waals surface area (Å²) in [6, 6.07) is 20.4. The van der Waals surface area contributed by atoms with Crippen LogP contribution in [0.15, 0.2) is 77.7 Å². The topological polar surface area (TPSA) is 95.5 Å². The highest BCUT2D eigenvalue weighted by Crippen LogP contribution is 2.28. The third-order valence-electron chi connectivity index (χ3n) is 4.04. The molecule has 0 unspecified atom stereocenters. The predicted molar refractivity (Wildman–Crippen MR) is 109 cm³/mol. The van der Waals surface area contributed by atoms with Gasteiger partial charge < -0.3 is 10.4 Å². The number of hydrogen-bond donors (Lipinski definition) is 3. The molecule has 0 fully saturated rings. The summed E-state index contributed by atoms with van der Waals surface area (Å²) >= 11 is 0. The average Bonchev–Trinajstić information content (AvgIpc) is 2.65. The number of nitrogens with one attached hydrogen (secondary N) is 2. The number of benzene rings is 3. The van der Waals surface area contributed by atoms with Crippen molar-refractivity contribution in [2.45, 2.75) is 18.2 Å². The number of aromatic hydroxyl groups is 1. The molecule has 1 amide bonds. The maximum Gasteiger partial charge on any atom is 0.262 e. The van der Waals surface area contributed by atoms with E-state index in [0.29, 0.717) is 12.1 Å². The first kappa shape index (κ1) is 19.4. The highest BCUT2D eigenvalue weighted by atomic mass is 32.2. The lowest BCUT2D eigenvalue weighted by molar-refractivity contribution is -0.114. The van der Waals surface area contributed by atoms with Gasteiger partial charge in [0.05, 0.1) is 10.6 Å². The van der Waals surface area contributed by atoms with Gasteiger partial charge in [0.15, 0.2) is 0 Å². The molecule has 0 saturated heterocycles. The molecular weight excluding hydrogens is 376 g/mol. The molecule has 0 aliphatic heterocycles. The van der Waals surface area contributed by atoms with E-state index < -0.39 is 10.0 Å². The molecule has 0 radical (unpaired) electrons. The Balaban J connectivity index is 1.81. The van der Waals surface area contributed by atoms with Crippen LogP contribution in [0.4, 0.5) is 11.4 Å². The van der Waals surface area contributed by atoms with Crippen LogP contribution in [-0.2, 0) is 21.2 Å². The molecule has 144 valence electrons. The van der Waals surface area contributed by atoms with Gasteiger partial charge in [0.1, 0.15) is 5.75 Å². The van der Waals surface area contributed by atoms with Gasteiger partial charge in [-0.15, -0.1) is 0 Å². The van der Waals surface area contributed by atoms with Crippen molar-refractivity contribution < 1.29 is 18.3 Å². The summed E-state index contributed by atoms with van der Waals surface area (Å²) in [4.78, 5) is 11.1. The Morgan fingerprint density at radius 3 is 2.25 bits per heavy atom. The zero-order valence-corrected chi connectivity index (χ0v) is 16.0. The van der Waals surface area contributed by atoms with Crippen LogP contribution in [0.1, 0.15) is 18.1 Å². The van der Waals surface area contributed by atoms with E-state index in [1.807, 2.05) is 30.3 Å². The first-order chi connectivity index (χ1) is 13.3. The Morgan fingerprint density at radius 1 is 0.929 bits per heavy atom. The van der Waals surface area contributed by atoms with Gasteiger partial charge in [-0.05, 0) is 53.9 Å². The smallest absolute Gasteiger partial charge is 0.262 e. The second-order valence-electron chi connectivity index (χ2n) is 6.32. The Bertz CT molecular complexity index is 1080. The van der Waals surface area contributed by atoms with Gasteiger partial charge >= 0.3 is 0 Å². The van der Waals surface area contributed by atoms with E-state index in [1.165, 1.54) is 37.3 Å². The minimum atomic E-state index is -3.89. The van der Waals surface area contributed by atoms with Crippen LogP contribution in [0.2, 0.25) is 0 Å². The fourth-order valence-corrected chi connectivity index (χ4v) is 3.80. The van der Waals surface area contributed by atoms with Gasteiger partial charge in [-0.2, -0.15) is 0 Å². The lowest BCUT2D eigenvalue weighted by Gasteiger charge is -2.12. The standard InChI is InChI=1S/C21H20N2O4S/c1-15(24)22-18-8-10-19(11-9-18)28(26,27)23-20-14-17(7-12-21(20)25)13-16-5-3-2-4-6-16/h2-12,14,23,25H,13H2,1H3,(H,22,24). The van der Waals surface area contributed by atoms with E-state index in [1.54, 1.807) is 12.1 Å². The molecule has 6 nitrogen and oxygen atoms in total. The van der Waals surface area contributed by atoms with Crippen LogP contribution in [0.25, 0.3) is 0 Å². The molecule has 3 N–H and O–H groups in total. The number of rotatable bonds is 6. The Morgan fingerprint density at radius 2 is 1.61 bits per heavy atom. The minimum absolute atomic E-state index is 0.0227. The van der Waals surface area contributed by atoms with Crippen LogP contribution in [0.5, 0.6) is 5.75 Å². The SMILES string of the molecule is CC(=O)Nc1ccc(S(=O)(=O)Nc2cc(Cc3ccccc3)ccc2O)cc1. The van der Waals surface area contributed by atoms with Crippen molar-refractivity contribution in [2.75, 3.05) is 10.0 Å². The molecule has 0 saturated carbocycles. The molecule has 3 aromatic carbocycles. The van der Waals surface area contributed by atoms with Gasteiger partial charge in [0.25, 0.3) is 10.0 Å². The molecule has 0 aromatic heterocycles. The van der Waals surface area contributed by atoms with Gasteiger partial charge in [0.2, 0.25) is 5.91 Å². The summed E-state index contributed by atoms with van der Waals surface area (Å²) < 4.78 is 27.7. The Labute approximate surface area is 163 Å². The molecule has 0 spiro atoms. The van der Waals surface area contributed by atoms with Crippen LogP contribution < -0.4 is 10.0 Å².